The van der Waals surface area contributed by atoms with Gasteiger partial charge in [-0.1, -0.05) is 68.1 Å². The van der Waals surface area contributed by atoms with Gasteiger partial charge in [0, 0.05) is 33.6 Å². The second kappa shape index (κ2) is 8.58. The third-order valence-electron chi connectivity index (χ3n) is 6.49. The van der Waals surface area contributed by atoms with Crippen molar-refractivity contribution in [1.82, 2.24) is 4.58 Å². The van der Waals surface area contributed by atoms with Gasteiger partial charge >= 0.3 is 5.63 Å². The lowest BCUT2D eigenvalue weighted by Crippen LogP contribution is -2.30. The van der Waals surface area contributed by atoms with Crippen molar-refractivity contribution in [3.63, 3.8) is 0 Å². The van der Waals surface area contributed by atoms with Gasteiger partial charge in [-0.15, -0.1) is 0 Å². The summed E-state index contributed by atoms with van der Waals surface area (Å²) >= 11 is 0. The fourth-order valence-electron chi connectivity index (χ4n) is 4.68. The number of rotatable bonds is 4. The highest BCUT2D eigenvalue weighted by atomic mass is 16.4. The second-order valence-electron chi connectivity index (χ2n) is 9.73. The van der Waals surface area contributed by atoms with E-state index in [4.69, 9.17) is 8.83 Å². The van der Waals surface area contributed by atoms with Crippen molar-refractivity contribution in [2.75, 3.05) is 14.1 Å². The molecule has 0 fully saturated rings. The highest BCUT2D eigenvalue weighted by molar-refractivity contribution is 5.84. The van der Waals surface area contributed by atoms with E-state index >= 15 is 0 Å². The molecule has 35 heavy (non-hydrogen) atoms. The molecule has 2 aromatic carbocycles. The molecular weight excluding hydrogens is 438 g/mol. The number of nitrogens with zero attached hydrogens (tertiary/aromatic N) is 1. The average molecular weight is 466 g/mol. The van der Waals surface area contributed by atoms with Gasteiger partial charge < -0.3 is 13.9 Å². The van der Waals surface area contributed by atoms with Crippen LogP contribution in [-0.2, 0) is 11.8 Å². The van der Waals surface area contributed by atoms with Crippen LogP contribution in [0.1, 0.15) is 25.0 Å². The molecule has 0 N–H and O–H groups in total. The molecule has 0 spiro atoms. The first-order valence-electron chi connectivity index (χ1n) is 11.6. The standard InChI is InChI=1S/C30H27NO4/c1-30(2,27-28(32)23-12-8-9-13-24(23)35-29(27)33)18-20-16-25(19-10-6-5-7-11-19)34-26-17-21(31(3)4)14-15-22(20)26/h5-17H,18H2,1-4H3. The Labute approximate surface area is 203 Å². The minimum atomic E-state index is -0.774. The molecule has 1 aromatic heterocycles. The van der Waals surface area contributed by atoms with Crippen LogP contribution in [0.3, 0.4) is 0 Å². The van der Waals surface area contributed by atoms with Crippen molar-refractivity contribution < 1.29 is 13.9 Å². The van der Waals surface area contributed by atoms with E-state index in [9.17, 15) is 9.90 Å². The summed E-state index contributed by atoms with van der Waals surface area (Å²) in [6.07, 6.45) is 0.458. The molecule has 1 aliphatic heterocycles. The van der Waals surface area contributed by atoms with E-state index in [1.807, 2.05) is 87.1 Å². The van der Waals surface area contributed by atoms with E-state index in [1.54, 1.807) is 24.3 Å². The van der Waals surface area contributed by atoms with Crippen LogP contribution in [0.2, 0.25) is 0 Å². The summed E-state index contributed by atoms with van der Waals surface area (Å²) in [5.74, 6) is 1.20. The van der Waals surface area contributed by atoms with Gasteiger partial charge in [0.1, 0.15) is 31.2 Å². The minimum absolute atomic E-state index is 0.163. The maximum Gasteiger partial charge on any atom is 0.339 e. The van der Waals surface area contributed by atoms with Crippen LogP contribution in [0.4, 0.5) is 0 Å². The number of hydrogen-bond donors (Lipinski definition) is 0. The van der Waals surface area contributed by atoms with Gasteiger partial charge in [-0.25, -0.2) is 9.37 Å². The minimum Gasteiger partial charge on any atom is -0.872 e. The lowest BCUT2D eigenvalue weighted by atomic mass is 9.77. The fraction of sp³-hybridized carbons (Fsp3) is 0.200. The first-order valence-corrected chi connectivity index (χ1v) is 11.6. The predicted octanol–water partition coefficient (Wildman–Crippen LogP) is 4.78. The first kappa shape index (κ1) is 22.7. The molecule has 0 saturated heterocycles. The van der Waals surface area contributed by atoms with Crippen molar-refractivity contribution in [3.8, 4) is 28.4 Å². The SMILES string of the molecule is C[N+](C)=c1ccc2c(CC(C)(C)c3c([O-])c4ccccc4oc3=O)cc(-c3ccccc3)oc-2c1. The Morgan fingerprint density at radius 1 is 0.857 bits per heavy atom. The molecule has 0 amide bonds. The molecule has 5 rings (SSSR count). The van der Waals surface area contributed by atoms with Gasteiger partial charge in [0.15, 0.2) is 0 Å². The molecule has 5 heteroatoms. The molecule has 176 valence electrons. The summed E-state index contributed by atoms with van der Waals surface area (Å²) in [4.78, 5) is 13.0. The third kappa shape index (κ3) is 4.14. The van der Waals surface area contributed by atoms with Gasteiger partial charge in [0.2, 0.25) is 5.36 Å². The summed E-state index contributed by atoms with van der Waals surface area (Å²) in [5.41, 5.74) is 2.02. The van der Waals surface area contributed by atoms with Crippen LogP contribution in [0.5, 0.6) is 5.75 Å². The molecule has 2 aliphatic rings. The largest absolute Gasteiger partial charge is 0.872 e. The van der Waals surface area contributed by atoms with Gasteiger partial charge in [0.25, 0.3) is 0 Å². The van der Waals surface area contributed by atoms with Gasteiger partial charge in [-0.3, -0.25) is 0 Å². The summed E-state index contributed by atoms with van der Waals surface area (Å²) in [5, 5.41) is 14.8. The highest BCUT2D eigenvalue weighted by Gasteiger charge is 2.29. The zero-order valence-electron chi connectivity index (χ0n) is 20.3. The van der Waals surface area contributed by atoms with Crippen LogP contribution in [0.15, 0.2) is 92.5 Å². The van der Waals surface area contributed by atoms with Crippen LogP contribution in [0.25, 0.3) is 33.6 Å². The van der Waals surface area contributed by atoms with E-state index in [0.29, 0.717) is 17.4 Å². The maximum atomic E-state index is 13.4. The Morgan fingerprint density at radius 3 is 2.31 bits per heavy atom. The average Bonchev–Trinajstić information content (AvgIpc) is 2.83. The molecule has 0 bridgehead atoms. The van der Waals surface area contributed by atoms with E-state index in [1.165, 1.54) is 0 Å². The number of fused-ring (bicyclic) bond motifs is 2. The lowest BCUT2D eigenvalue weighted by Gasteiger charge is -2.30. The van der Waals surface area contributed by atoms with Crippen LogP contribution >= 0.6 is 0 Å². The fourth-order valence-corrected chi connectivity index (χ4v) is 4.68. The summed E-state index contributed by atoms with van der Waals surface area (Å²) in [6.45, 7) is 3.84. The molecule has 0 atom stereocenters. The molecule has 3 aromatic rings. The normalized spacial score (nSPS) is 11.8. The van der Waals surface area contributed by atoms with Crippen molar-refractivity contribution >= 4 is 11.0 Å². The molecule has 5 nitrogen and oxygen atoms in total. The quantitative estimate of drug-likeness (QED) is 0.283. The van der Waals surface area contributed by atoms with Crippen LogP contribution in [-0.4, -0.2) is 14.1 Å². The van der Waals surface area contributed by atoms with Crippen molar-refractivity contribution in [2.45, 2.75) is 25.7 Å². The van der Waals surface area contributed by atoms with E-state index in [2.05, 4.69) is 0 Å². The second-order valence-corrected chi connectivity index (χ2v) is 9.73. The smallest absolute Gasteiger partial charge is 0.339 e. The van der Waals surface area contributed by atoms with Gasteiger partial charge in [0.05, 0.1) is 6.07 Å². The van der Waals surface area contributed by atoms with E-state index < -0.39 is 11.0 Å². The molecular formula is C30H27NO4. The first-order chi connectivity index (χ1) is 16.7. The van der Waals surface area contributed by atoms with E-state index in [0.717, 1.165) is 33.6 Å². The van der Waals surface area contributed by atoms with Crippen molar-refractivity contribution in [1.29, 1.82) is 0 Å². The lowest BCUT2D eigenvalue weighted by molar-refractivity contribution is -0.268. The van der Waals surface area contributed by atoms with Crippen LogP contribution < -0.4 is 20.7 Å². The maximum absolute atomic E-state index is 13.4. The zero-order valence-corrected chi connectivity index (χ0v) is 20.3. The Balaban J connectivity index is 1.70. The third-order valence-corrected chi connectivity index (χ3v) is 6.49. The number of benzene rings is 3. The zero-order chi connectivity index (χ0) is 24.7. The summed E-state index contributed by atoms with van der Waals surface area (Å²) < 4.78 is 13.9. The summed E-state index contributed by atoms with van der Waals surface area (Å²) in [6, 6.07) is 24.9. The Kier molecular flexibility index (Phi) is 5.56. The van der Waals surface area contributed by atoms with Crippen LogP contribution in [0, 0.1) is 0 Å². The molecule has 0 radical (unpaired) electrons. The molecule has 0 unspecified atom stereocenters. The predicted molar refractivity (Wildman–Crippen MR) is 137 cm³/mol. The Hall–Kier alpha value is -4.12. The molecule has 2 heterocycles. The van der Waals surface area contributed by atoms with E-state index in [-0.39, 0.29) is 11.3 Å². The summed E-state index contributed by atoms with van der Waals surface area (Å²) in [7, 11) is 3.97. The number of para-hydroxylation sites is 1. The topological polar surface area (TPSA) is 69.4 Å². The van der Waals surface area contributed by atoms with Gasteiger partial charge in [-0.05, 0) is 30.2 Å². The van der Waals surface area contributed by atoms with Gasteiger partial charge in [-0.2, -0.15) is 0 Å². The Morgan fingerprint density at radius 2 is 1.57 bits per heavy atom. The molecule has 0 saturated carbocycles. The molecule has 1 aliphatic carbocycles. The van der Waals surface area contributed by atoms with Crippen molar-refractivity contribution in [2.24, 2.45) is 0 Å². The Bertz CT molecular complexity index is 1640. The number of hydrogen-bond acceptors (Lipinski definition) is 4. The monoisotopic (exact) mass is 465 g/mol. The van der Waals surface area contributed by atoms with Crippen molar-refractivity contribution in [3.05, 3.63) is 106 Å². The highest BCUT2D eigenvalue weighted by Crippen LogP contribution is 2.38.